The highest BCUT2D eigenvalue weighted by molar-refractivity contribution is 5.89. The Morgan fingerprint density at radius 3 is 2.59 bits per heavy atom. The zero-order valence-electron chi connectivity index (χ0n) is 12.7. The molecule has 0 fully saturated rings. The Labute approximate surface area is 129 Å². The maximum Gasteiger partial charge on any atom is 0.342 e. The number of carbonyl (C=O) groups is 1. The van der Waals surface area contributed by atoms with Gasteiger partial charge in [-0.25, -0.2) is 9.18 Å². The number of fused-ring (bicyclic) bond motifs is 1. The molecule has 0 saturated heterocycles. The van der Waals surface area contributed by atoms with Gasteiger partial charge in [0.05, 0.1) is 19.3 Å². The lowest BCUT2D eigenvalue weighted by Crippen LogP contribution is -2.32. The fourth-order valence-electron chi connectivity index (χ4n) is 2.42. The van der Waals surface area contributed by atoms with E-state index in [2.05, 4.69) is 0 Å². The predicted molar refractivity (Wildman–Crippen MR) is 83.6 cm³/mol. The second-order valence-electron chi connectivity index (χ2n) is 4.81. The van der Waals surface area contributed by atoms with Gasteiger partial charge in [0.1, 0.15) is 5.75 Å². The van der Waals surface area contributed by atoms with Crippen LogP contribution in [0.1, 0.15) is 25.5 Å². The summed E-state index contributed by atoms with van der Waals surface area (Å²) in [6, 6.07) is 9.95. The molecule has 118 valence electrons. The minimum atomic E-state index is -1.94. The van der Waals surface area contributed by atoms with Gasteiger partial charge < -0.3 is 15.2 Å². The fraction of sp³-hybridized carbons (Fsp3) is 0.353. The van der Waals surface area contributed by atoms with Gasteiger partial charge >= 0.3 is 5.97 Å². The molecular formula is C17H20FNO3. The van der Waals surface area contributed by atoms with Crippen LogP contribution in [0.15, 0.2) is 36.4 Å². The van der Waals surface area contributed by atoms with E-state index in [1.54, 1.807) is 13.0 Å². The van der Waals surface area contributed by atoms with Gasteiger partial charge in [-0.2, -0.15) is 0 Å². The summed E-state index contributed by atoms with van der Waals surface area (Å²) in [6.45, 7) is 4.00. The lowest BCUT2D eigenvalue weighted by atomic mass is 9.95. The first-order valence-electron chi connectivity index (χ1n) is 7.30. The minimum absolute atomic E-state index is 0.111. The zero-order chi connectivity index (χ0) is 16.1. The van der Waals surface area contributed by atoms with Gasteiger partial charge in [0.25, 0.3) is 0 Å². The number of benzene rings is 2. The maximum atomic E-state index is 14.4. The van der Waals surface area contributed by atoms with E-state index in [1.807, 2.05) is 37.3 Å². The number of hydrogen-bond acceptors (Lipinski definition) is 4. The first kappa shape index (κ1) is 16.2. The second kappa shape index (κ2) is 7.22. The van der Waals surface area contributed by atoms with Crippen molar-refractivity contribution in [3.05, 3.63) is 42.0 Å². The quantitative estimate of drug-likeness (QED) is 0.833. The van der Waals surface area contributed by atoms with Crippen LogP contribution in [0.5, 0.6) is 5.75 Å². The molecule has 0 spiro atoms. The number of ether oxygens (including phenoxy) is 2. The Kier molecular flexibility index (Phi) is 5.33. The fourth-order valence-corrected chi connectivity index (χ4v) is 2.42. The Balaban J connectivity index is 2.50. The Morgan fingerprint density at radius 1 is 1.18 bits per heavy atom. The van der Waals surface area contributed by atoms with Crippen LogP contribution >= 0.6 is 0 Å². The summed E-state index contributed by atoms with van der Waals surface area (Å²) in [5, 5.41) is 1.68. The van der Waals surface area contributed by atoms with Crippen molar-refractivity contribution in [1.29, 1.82) is 0 Å². The van der Waals surface area contributed by atoms with Crippen molar-refractivity contribution in [2.45, 2.75) is 26.1 Å². The highest BCUT2D eigenvalue weighted by atomic mass is 19.1. The molecule has 0 heterocycles. The molecule has 22 heavy (non-hydrogen) atoms. The molecule has 0 amide bonds. The molecule has 0 aliphatic carbocycles. The molecule has 0 radical (unpaired) electrons. The van der Waals surface area contributed by atoms with Crippen molar-refractivity contribution < 1.29 is 18.7 Å². The van der Waals surface area contributed by atoms with Crippen molar-refractivity contribution in [1.82, 2.24) is 0 Å². The minimum Gasteiger partial charge on any atom is -0.494 e. The van der Waals surface area contributed by atoms with E-state index in [-0.39, 0.29) is 6.61 Å². The van der Waals surface area contributed by atoms with Crippen LogP contribution in [-0.4, -0.2) is 25.4 Å². The number of rotatable bonds is 6. The molecule has 0 aromatic heterocycles. The number of alkyl halides is 1. The van der Waals surface area contributed by atoms with Gasteiger partial charge in [-0.05, 0) is 30.7 Å². The number of carbonyl (C=O) groups excluding carboxylic acids is 1. The molecular weight excluding hydrogens is 285 g/mol. The summed E-state index contributed by atoms with van der Waals surface area (Å²) in [7, 11) is 0. The summed E-state index contributed by atoms with van der Waals surface area (Å²) in [5.41, 5.74) is 6.50. The smallest absolute Gasteiger partial charge is 0.342 e. The second-order valence-corrected chi connectivity index (χ2v) is 4.81. The third kappa shape index (κ3) is 3.20. The zero-order valence-corrected chi connectivity index (χ0v) is 12.7. The molecule has 4 nitrogen and oxygen atoms in total. The summed E-state index contributed by atoms with van der Waals surface area (Å²) < 4.78 is 24.6. The van der Waals surface area contributed by atoms with Gasteiger partial charge in [-0.15, -0.1) is 0 Å². The van der Waals surface area contributed by atoms with Crippen molar-refractivity contribution in [2.75, 3.05) is 13.2 Å². The highest BCUT2D eigenvalue weighted by Crippen LogP contribution is 2.34. The van der Waals surface area contributed by atoms with E-state index in [1.165, 1.54) is 0 Å². The molecule has 2 N–H and O–H groups in total. The van der Waals surface area contributed by atoms with E-state index in [0.29, 0.717) is 17.9 Å². The Bertz CT molecular complexity index is 659. The monoisotopic (exact) mass is 305 g/mol. The van der Waals surface area contributed by atoms with Crippen LogP contribution in [0.3, 0.4) is 0 Å². The number of hydrogen-bond donors (Lipinski definition) is 1. The van der Waals surface area contributed by atoms with Crippen molar-refractivity contribution in [3.63, 3.8) is 0 Å². The first-order chi connectivity index (χ1) is 10.6. The van der Waals surface area contributed by atoms with Crippen LogP contribution in [0.2, 0.25) is 0 Å². The van der Waals surface area contributed by atoms with Crippen molar-refractivity contribution >= 4 is 16.7 Å². The molecule has 2 rings (SSSR count). The average Bonchev–Trinajstić information content (AvgIpc) is 2.53. The Hall–Kier alpha value is -2.14. The largest absolute Gasteiger partial charge is 0.494 e. The first-order valence-corrected chi connectivity index (χ1v) is 7.30. The number of halogens is 1. The molecule has 2 atom stereocenters. The molecule has 1 unspecified atom stereocenters. The van der Waals surface area contributed by atoms with Crippen LogP contribution in [0.4, 0.5) is 4.39 Å². The van der Waals surface area contributed by atoms with Gasteiger partial charge in [0, 0.05) is 5.56 Å². The van der Waals surface area contributed by atoms with Gasteiger partial charge in [0.2, 0.25) is 6.17 Å². The highest BCUT2D eigenvalue weighted by Gasteiger charge is 2.31. The number of nitrogens with two attached hydrogens (primary N) is 1. The predicted octanol–water partition coefficient (Wildman–Crippen LogP) is 3.14. The summed E-state index contributed by atoms with van der Waals surface area (Å²) in [4.78, 5) is 11.6. The molecule has 0 aliphatic heterocycles. The third-order valence-corrected chi connectivity index (χ3v) is 3.39. The summed E-state index contributed by atoms with van der Waals surface area (Å²) >= 11 is 0. The molecule has 0 saturated carbocycles. The van der Waals surface area contributed by atoms with Crippen LogP contribution in [-0.2, 0) is 9.53 Å². The topological polar surface area (TPSA) is 61.5 Å². The Morgan fingerprint density at radius 2 is 1.91 bits per heavy atom. The van der Waals surface area contributed by atoms with Crippen molar-refractivity contribution in [2.24, 2.45) is 5.73 Å². The van der Waals surface area contributed by atoms with Gasteiger partial charge in [0.15, 0.2) is 0 Å². The van der Waals surface area contributed by atoms with E-state index in [9.17, 15) is 9.18 Å². The van der Waals surface area contributed by atoms with E-state index >= 15 is 0 Å². The molecule has 0 aliphatic rings. The van der Waals surface area contributed by atoms with Gasteiger partial charge in [-0.3, -0.25) is 0 Å². The third-order valence-electron chi connectivity index (χ3n) is 3.39. The van der Waals surface area contributed by atoms with Gasteiger partial charge in [-0.1, -0.05) is 30.3 Å². The summed E-state index contributed by atoms with van der Waals surface area (Å²) in [6.07, 6.45) is -1.94. The van der Waals surface area contributed by atoms with E-state index in [4.69, 9.17) is 15.2 Å². The molecule has 0 bridgehead atoms. The standard InChI is InChI=1S/C17H20FNO3/c1-3-21-13-10-9-11-7-5-6-8-12(11)14(13)16(19)15(18)17(20)22-4-2/h5-10,15-16H,3-4,19H2,1-2H3/t15?,16-/m0/s1. The molecule has 2 aromatic carbocycles. The molecule has 2 aromatic rings. The van der Waals surface area contributed by atoms with E-state index < -0.39 is 18.2 Å². The van der Waals surface area contributed by atoms with Crippen molar-refractivity contribution in [3.8, 4) is 5.75 Å². The lowest BCUT2D eigenvalue weighted by Gasteiger charge is -2.21. The number of esters is 1. The molecule has 5 heteroatoms. The van der Waals surface area contributed by atoms with Crippen LogP contribution < -0.4 is 10.5 Å². The average molecular weight is 305 g/mol. The van der Waals surface area contributed by atoms with Crippen LogP contribution in [0.25, 0.3) is 10.8 Å². The lowest BCUT2D eigenvalue weighted by molar-refractivity contribution is -0.149. The SMILES string of the molecule is CCOC(=O)C(F)[C@@H](N)c1c(OCC)ccc2ccccc12. The normalized spacial score (nSPS) is 13.6. The summed E-state index contributed by atoms with van der Waals surface area (Å²) in [5.74, 6) is -0.467. The maximum absolute atomic E-state index is 14.4. The van der Waals surface area contributed by atoms with Crippen LogP contribution in [0, 0.1) is 0 Å². The van der Waals surface area contributed by atoms with E-state index in [0.717, 1.165) is 10.8 Å².